The van der Waals surface area contributed by atoms with Crippen LogP contribution in [0.4, 0.5) is 14.6 Å². The van der Waals surface area contributed by atoms with E-state index in [9.17, 15) is 8.78 Å². The molecular weight excluding hydrogens is 248 g/mol. The summed E-state index contributed by atoms with van der Waals surface area (Å²) in [5.74, 6) is -0.0381. The maximum Gasteiger partial charge on any atom is 0.135 e. The zero-order valence-corrected chi connectivity index (χ0v) is 10.9. The Hall–Kier alpha value is -2.04. The molecule has 0 aliphatic heterocycles. The van der Waals surface area contributed by atoms with E-state index in [2.05, 4.69) is 15.3 Å². The summed E-state index contributed by atoms with van der Waals surface area (Å²) in [5.41, 5.74) is 0.718. The van der Waals surface area contributed by atoms with E-state index in [1.807, 2.05) is 6.92 Å². The summed E-state index contributed by atoms with van der Waals surface area (Å²) in [5, 5.41) is 3.13. The third kappa shape index (κ3) is 3.24. The summed E-state index contributed by atoms with van der Waals surface area (Å²) < 4.78 is 26.6. The summed E-state index contributed by atoms with van der Waals surface area (Å²) >= 11 is 0. The number of halogens is 2. The lowest BCUT2D eigenvalue weighted by Gasteiger charge is -2.08. The van der Waals surface area contributed by atoms with E-state index in [-0.39, 0.29) is 5.56 Å². The average Bonchev–Trinajstić information content (AvgIpc) is 2.35. The summed E-state index contributed by atoms with van der Waals surface area (Å²) in [6.45, 7) is 4.56. The number of nitrogens with one attached hydrogen (secondary N) is 1. The minimum Gasteiger partial charge on any atom is -0.370 e. The number of anilines is 1. The van der Waals surface area contributed by atoms with Gasteiger partial charge in [-0.2, -0.15) is 0 Å². The monoisotopic (exact) mass is 263 g/mol. The highest BCUT2D eigenvalue weighted by molar-refractivity contribution is 5.63. The van der Waals surface area contributed by atoms with Gasteiger partial charge in [0.05, 0.1) is 5.69 Å². The lowest BCUT2D eigenvalue weighted by Crippen LogP contribution is -2.04. The molecule has 0 radical (unpaired) electrons. The Morgan fingerprint density at radius 2 is 1.95 bits per heavy atom. The maximum absolute atomic E-state index is 13.7. The highest BCUT2D eigenvalue weighted by Gasteiger charge is 2.10. The minimum atomic E-state index is -0.625. The largest absolute Gasteiger partial charge is 0.370 e. The first-order valence-corrected chi connectivity index (χ1v) is 6.15. The molecule has 0 bridgehead atoms. The van der Waals surface area contributed by atoms with Crippen LogP contribution in [-0.4, -0.2) is 16.5 Å². The molecule has 0 saturated heterocycles. The van der Waals surface area contributed by atoms with Gasteiger partial charge in [0.1, 0.15) is 23.3 Å². The van der Waals surface area contributed by atoms with Gasteiger partial charge in [-0.05, 0) is 25.5 Å². The van der Waals surface area contributed by atoms with Crippen LogP contribution in [0.2, 0.25) is 0 Å². The first-order chi connectivity index (χ1) is 9.10. The van der Waals surface area contributed by atoms with E-state index < -0.39 is 11.6 Å². The van der Waals surface area contributed by atoms with Crippen LogP contribution in [0.5, 0.6) is 0 Å². The number of hydrogen-bond donors (Lipinski definition) is 1. The predicted molar refractivity (Wildman–Crippen MR) is 70.9 cm³/mol. The Bertz CT molecular complexity index is 585. The highest BCUT2D eigenvalue weighted by Crippen LogP contribution is 2.23. The fraction of sp³-hybridized carbons (Fsp3) is 0.286. The Kier molecular flexibility index (Phi) is 4.04. The fourth-order valence-corrected chi connectivity index (χ4v) is 1.75. The second kappa shape index (κ2) is 5.73. The second-order valence-corrected chi connectivity index (χ2v) is 4.24. The SMILES string of the molecule is CCCNc1cc(-c2ccc(F)cc2F)nc(C)n1. The van der Waals surface area contributed by atoms with Crippen molar-refractivity contribution in [2.45, 2.75) is 20.3 Å². The van der Waals surface area contributed by atoms with Crippen LogP contribution in [0.3, 0.4) is 0 Å². The number of hydrogen-bond acceptors (Lipinski definition) is 3. The zero-order chi connectivity index (χ0) is 13.8. The van der Waals surface area contributed by atoms with Crippen LogP contribution in [0.15, 0.2) is 24.3 Å². The first-order valence-electron chi connectivity index (χ1n) is 6.15. The molecule has 0 amide bonds. The van der Waals surface area contributed by atoms with Crippen molar-refractivity contribution in [2.24, 2.45) is 0 Å². The standard InChI is InChI=1S/C14H15F2N3/c1-3-6-17-14-8-13(18-9(2)19-14)11-5-4-10(15)7-12(11)16/h4-5,7-8H,3,6H2,1-2H3,(H,17,18,19). The molecule has 0 atom stereocenters. The molecule has 1 heterocycles. The smallest absolute Gasteiger partial charge is 0.135 e. The van der Waals surface area contributed by atoms with Gasteiger partial charge in [-0.1, -0.05) is 6.92 Å². The van der Waals surface area contributed by atoms with Crippen molar-refractivity contribution in [1.82, 2.24) is 9.97 Å². The van der Waals surface area contributed by atoms with Crippen LogP contribution in [0.1, 0.15) is 19.2 Å². The molecule has 0 aliphatic carbocycles. The molecule has 5 heteroatoms. The van der Waals surface area contributed by atoms with Crippen LogP contribution in [0.25, 0.3) is 11.3 Å². The molecule has 0 fully saturated rings. The van der Waals surface area contributed by atoms with Gasteiger partial charge >= 0.3 is 0 Å². The van der Waals surface area contributed by atoms with E-state index in [4.69, 9.17) is 0 Å². The molecule has 0 spiro atoms. The van der Waals surface area contributed by atoms with E-state index in [0.717, 1.165) is 19.0 Å². The Balaban J connectivity index is 2.41. The van der Waals surface area contributed by atoms with Gasteiger partial charge < -0.3 is 5.32 Å². The average molecular weight is 263 g/mol. The third-order valence-corrected chi connectivity index (χ3v) is 2.60. The number of nitrogens with zero attached hydrogens (tertiary/aromatic N) is 2. The molecule has 1 aromatic heterocycles. The van der Waals surface area contributed by atoms with Gasteiger partial charge in [-0.25, -0.2) is 18.7 Å². The Labute approximate surface area is 110 Å². The lowest BCUT2D eigenvalue weighted by atomic mass is 10.1. The molecule has 3 nitrogen and oxygen atoms in total. The predicted octanol–water partition coefficient (Wildman–Crippen LogP) is 3.55. The molecule has 2 rings (SSSR count). The van der Waals surface area contributed by atoms with Gasteiger partial charge in [0, 0.05) is 24.2 Å². The van der Waals surface area contributed by atoms with Gasteiger partial charge in [0.15, 0.2) is 0 Å². The molecule has 1 aromatic carbocycles. The Morgan fingerprint density at radius 1 is 1.16 bits per heavy atom. The Morgan fingerprint density at radius 3 is 2.63 bits per heavy atom. The van der Waals surface area contributed by atoms with Gasteiger partial charge in [0.2, 0.25) is 0 Å². The summed E-state index contributed by atoms with van der Waals surface area (Å²) in [6, 6.07) is 5.12. The van der Waals surface area contributed by atoms with Crippen molar-refractivity contribution in [2.75, 3.05) is 11.9 Å². The summed E-state index contributed by atoms with van der Waals surface area (Å²) in [7, 11) is 0. The highest BCUT2D eigenvalue weighted by atomic mass is 19.1. The van der Waals surface area contributed by atoms with Crippen LogP contribution < -0.4 is 5.32 Å². The molecule has 100 valence electrons. The van der Waals surface area contributed by atoms with Crippen molar-refractivity contribution in [3.8, 4) is 11.3 Å². The van der Waals surface area contributed by atoms with Crippen molar-refractivity contribution in [3.63, 3.8) is 0 Å². The van der Waals surface area contributed by atoms with Crippen molar-refractivity contribution in [1.29, 1.82) is 0 Å². The van der Waals surface area contributed by atoms with E-state index in [0.29, 0.717) is 17.3 Å². The minimum absolute atomic E-state index is 0.270. The van der Waals surface area contributed by atoms with Crippen LogP contribution in [-0.2, 0) is 0 Å². The van der Waals surface area contributed by atoms with Gasteiger partial charge in [-0.15, -0.1) is 0 Å². The number of aryl methyl sites for hydroxylation is 1. The van der Waals surface area contributed by atoms with Gasteiger partial charge in [-0.3, -0.25) is 0 Å². The van der Waals surface area contributed by atoms with Gasteiger partial charge in [0.25, 0.3) is 0 Å². The van der Waals surface area contributed by atoms with Crippen LogP contribution in [0, 0.1) is 18.6 Å². The third-order valence-electron chi connectivity index (χ3n) is 2.60. The van der Waals surface area contributed by atoms with Crippen LogP contribution >= 0.6 is 0 Å². The summed E-state index contributed by atoms with van der Waals surface area (Å²) in [4.78, 5) is 8.41. The normalized spacial score (nSPS) is 10.5. The number of rotatable bonds is 4. The summed E-state index contributed by atoms with van der Waals surface area (Å²) in [6.07, 6.45) is 0.962. The molecule has 0 saturated carbocycles. The van der Waals surface area contributed by atoms with E-state index >= 15 is 0 Å². The molecule has 19 heavy (non-hydrogen) atoms. The quantitative estimate of drug-likeness (QED) is 0.916. The molecule has 2 aromatic rings. The molecule has 0 unspecified atom stereocenters. The fourth-order valence-electron chi connectivity index (χ4n) is 1.75. The van der Waals surface area contributed by atoms with Crippen molar-refractivity contribution < 1.29 is 8.78 Å². The molecular formula is C14H15F2N3. The van der Waals surface area contributed by atoms with E-state index in [1.165, 1.54) is 12.1 Å². The van der Waals surface area contributed by atoms with E-state index in [1.54, 1.807) is 13.0 Å². The topological polar surface area (TPSA) is 37.8 Å². The number of aromatic nitrogens is 2. The van der Waals surface area contributed by atoms with Crippen molar-refractivity contribution in [3.05, 3.63) is 41.7 Å². The lowest BCUT2D eigenvalue weighted by molar-refractivity contribution is 0.585. The zero-order valence-electron chi connectivity index (χ0n) is 10.9. The molecule has 1 N–H and O–H groups in total. The maximum atomic E-state index is 13.7. The number of benzene rings is 1. The van der Waals surface area contributed by atoms with Crippen molar-refractivity contribution >= 4 is 5.82 Å². The first kappa shape index (κ1) is 13.4. The second-order valence-electron chi connectivity index (χ2n) is 4.24. The molecule has 0 aliphatic rings.